The van der Waals surface area contributed by atoms with E-state index in [1.54, 1.807) is 0 Å². The SMILES string of the molecule is CCC1(C(=O)Nc2c(Br)cc(Br)cc2Br)CCNC1. The molecular weight excluding hydrogens is 440 g/mol. The van der Waals surface area contributed by atoms with Gasteiger partial charge >= 0.3 is 0 Å². The number of anilines is 1. The molecule has 1 unspecified atom stereocenters. The summed E-state index contributed by atoms with van der Waals surface area (Å²) in [6.07, 6.45) is 1.73. The summed E-state index contributed by atoms with van der Waals surface area (Å²) in [5.74, 6) is 0.0868. The third kappa shape index (κ3) is 3.23. The average molecular weight is 455 g/mol. The van der Waals surface area contributed by atoms with Crippen molar-refractivity contribution in [2.75, 3.05) is 18.4 Å². The maximum Gasteiger partial charge on any atom is 0.231 e. The van der Waals surface area contributed by atoms with E-state index in [0.29, 0.717) is 0 Å². The zero-order valence-electron chi connectivity index (χ0n) is 10.5. The molecule has 0 spiro atoms. The first-order valence-electron chi connectivity index (χ1n) is 6.15. The van der Waals surface area contributed by atoms with E-state index >= 15 is 0 Å². The van der Waals surface area contributed by atoms with E-state index in [4.69, 9.17) is 0 Å². The molecule has 1 aliphatic heterocycles. The van der Waals surface area contributed by atoms with Crippen molar-refractivity contribution >= 4 is 59.4 Å². The molecule has 1 atom stereocenters. The lowest BCUT2D eigenvalue weighted by Gasteiger charge is -2.26. The molecular formula is C13H15Br3N2O. The van der Waals surface area contributed by atoms with Crippen LogP contribution in [0.15, 0.2) is 25.6 Å². The van der Waals surface area contributed by atoms with Gasteiger partial charge in [-0.2, -0.15) is 0 Å². The number of hydrogen-bond acceptors (Lipinski definition) is 2. The molecule has 1 aliphatic rings. The molecule has 104 valence electrons. The van der Waals surface area contributed by atoms with Crippen molar-refractivity contribution in [3.63, 3.8) is 0 Å². The van der Waals surface area contributed by atoms with Crippen LogP contribution in [0.3, 0.4) is 0 Å². The van der Waals surface area contributed by atoms with Crippen LogP contribution in [0.4, 0.5) is 5.69 Å². The minimum atomic E-state index is -0.286. The molecule has 0 saturated carbocycles. The average Bonchev–Trinajstić information content (AvgIpc) is 2.83. The van der Waals surface area contributed by atoms with Gasteiger partial charge in [-0.25, -0.2) is 0 Å². The van der Waals surface area contributed by atoms with Crippen molar-refractivity contribution in [1.29, 1.82) is 0 Å². The number of benzene rings is 1. The van der Waals surface area contributed by atoms with Crippen LogP contribution in [0, 0.1) is 5.41 Å². The Balaban J connectivity index is 2.24. The van der Waals surface area contributed by atoms with Gasteiger partial charge in [0.25, 0.3) is 0 Å². The first-order chi connectivity index (χ1) is 8.98. The van der Waals surface area contributed by atoms with Gasteiger partial charge in [-0.15, -0.1) is 0 Å². The number of rotatable bonds is 3. The van der Waals surface area contributed by atoms with E-state index < -0.39 is 0 Å². The lowest BCUT2D eigenvalue weighted by Crippen LogP contribution is -2.37. The molecule has 1 aromatic rings. The van der Waals surface area contributed by atoms with Crippen molar-refractivity contribution < 1.29 is 4.79 Å². The Bertz CT molecular complexity index is 476. The maximum atomic E-state index is 12.6. The second-order valence-corrected chi connectivity index (χ2v) is 7.38. The van der Waals surface area contributed by atoms with Crippen LogP contribution in [-0.4, -0.2) is 19.0 Å². The molecule has 1 amide bonds. The molecule has 0 aliphatic carbocycles. The van der Waals surface area contributed by atoms with Crippen LogP contribution in [0.2, 0.25) is 0 Å². The van der Waals surface area contributed by atoms with Crippen LogP contribution in [0.1, 0.15) is 19.8 Å². The molecule has 1 heterocycles. The molecule has 0 bridgehead atoms. The van der Waals surface area contributed by atoms with Gasteiger partial charge in [0.15, 0.2) is 0 Å². The van der Waals surface area contributed by atoms with Gasteiger partial charge in [0.1, 0.15) is 0 Å². The summed E-state index contributed by atoms with van der Waals surface area (Å²) >= 11 is 10.4. The molecule has 1 aromatic carbocycles. The Hall–Kier alpha value is 0.0900. The molecule has 3 nitrogen and oxygen atoms in total. The van der Waals surface area contributed by atoms with Crippen molar-refractivity contribution in [3.05, 3.63) is 25.6 Å². The van der Waals surface area contributed by atoms with Gasteiger partial charge < -0.3 is 10.6 Å². The van der Waals surface area contributed by atoms with Gasteiger partial charge in [0, 0.05) is 20.0 Å². The van der Waals surface area contributed by atoms with Crippen molar-refractivity contribution in [1.82, 2.24) is 5.32 Å². The fraction of sp³-hybridized carbons (Fsp3) is 0.462. The second-order valence-electron chi connectivity index (χ2n) is 4.76. The summed E-state index contributed by atoms with van der Waals surface area (Å²) in [6.45, 7) is 3.73. The van der Waals surface area contributed by atoms with Crippen LogP contribution in [-0.2, 0) is 4.79 Å². The molecule has 0 radical (unpaired) electrons. The predicted octanol–water partition coefficient (Wildman–Crippen LogP) is 4.30. The maximum absolute atomic E-state index is 12.6. The summed E-state index contributed by atoms with van der Waals surface area (Å²) in [4.78, 5) is 12.6. The summed E-state index contributed by atoms with van der Waals surface area (Å²) < 4.78 is 2.68. The first kappa shape index (κ1) is 15.5. The van der Waals surface area contributed by atoms with E-state index in [1.807, 2.05) is 12.1 Å². The monoisotopic (exact) mass is 452 g/mol. The number of carbonyl (C=O) groups is 1. The molecule has 1 saturated heterocycles. The highest BCUT2D eigenvalue weighted by Crippen LogP contribution is 2.37. The van der Waals surface area contributed by atoms with Gasteiger partial charge in [-0.1, -0.05) is 22.9 Å². The number of carbonyl (C=O) groups excluding carboxylic acids is 1. The summed E-state index contributed by atoms with van der Waals surface area (Å²) in [6, 6.07) is 3.85. The largest absolute Gasteiger partial charge is 0.324 e. The van der Waals surface area contributed by atoms with E-state index in [9.17, 15) is 4.79 Å². The van der Waals surface area contributed by atoms with E-state index in [-0.39, 0.29) is 11.3 Å². The fourth-order valence-electron chi connectivity index (χ4n) is 2.31. The van der Waals surface area contributed by atoms with Gasteiger partial charge in [0.2, 0.25) is 5.91 Å². The van der Waals surface area contributed by atoms with Gasteiger partial charge in [0.05, 0.1) is 11.1 Å². The van der Waals surface area contributed by atoms with E-state index in [2.05, 4.69) is 65.3 Å². The Morgan fingerprint density at radius 1 is 1.37 bits per heavy atom. The third-order valence-corrected chi connectivity index (χ3v) is 5.36. The molecule has 6 heteroatoms. The van der Waals surface area contributed by atoms with Crippen molar-refractivity contribution in [3.8, 4) is 0 Å². The van der Waals surface area contributed by atoms with Crippen LogP contribution >= 0.6 is 47.8 Å². The zero-order chi connectivity index (χ0) is 14.0. The quantitative estimate of drug-likeness (QED) is 0.714. The number of nitrogens with one attached hydrogen (secondary N) is 2. The number of hydrogen-bond donors (Lipinski definition) is 2. The summed E-state index contributed by atoms with van der Waals surface area (Å²) in [7, 11) is 0. The lowest BCUT2D eigenvalue weighted by molar-refractivity contribution is -0.124. The Morgan fingerprint density at radius 2 is 2.00 bits per heavy atom. The highest BCUT2D eigenvalue weighted by molar-refractivity contribution is 9.11. The first-order valence-corrected chi connectivity index (χ1v) is 8.53. The van der Waals surface area contributed by atoms with Gasteiger partial charge in [-0.3, -0.25) is 4.79 Å². The molecule has 19 heavy (non-hydrogen) atoms. The molecule has 1 fully saturated rings. The van der Waals surface area contributed by atoms with Crippen LogP contribution in [0.5, 0.6) is 0 Å². The van der Waals surface area contributed by atoms with E-state index in [1.165, 1.54) is 0 Å². The zero-order valence-corrected chi connectivity index (χ0v) is 15.3. The summed E-state index contributed by atoms with van der Waals surface area (Å²) in [5.41, 5.74) is 0.499. The van der Waals surface area contributed by atoms with E-state index in [0.717, 1.165) is 45.0 Å². The molecule has 2 rings (SSSR count). The minimum absolute atomic E-state index is 0.0868. The minimum Gasteiger partial charge on any atom is -0.324 e. The second kappa shape index (κ2) is 6.24. The Labute approximate surface area is 138 Å². The normalized spacial score (nSPS) is 22.5. The smallest absolute Gasteiger partial charge is 0.231 e. The number of amides is 1. The Morgan fingerprint density at radius 3 is 2.47 bits per heavy atom. The summed E-state index contributed by atoms with van der Waals surface area (Å²) in [5, 5.41) is 6.32. The predicted molar refractivity (Wildman–Crippen MR) is 88.4 cm³/mol. The third-order valence-electron chi connectivity index (χ3n) is 3.65. The lowest BCUT2D eigenvalue weighted by atomic mass is 9.83. The fourth-order valence-corrected chi connectivity index (χ4v) is 4.76. The van der Waals surface area contributed by atoms with Crippen LogP contribution in [0.25, 0.3) is 0 Å². The Kier molecular flexibility index (Phi) is 5.09. The highest BCUT2D eigenvalue weighted by Gasteiger charge is 2.39. The van der Waals surface area contributed by atoms with Gasteiger partial charge in [-0.05, 0) is 63.4 Å². The highest BCUT2D eigenvalue weighted by atomic mass is 79.9. The number of halogens is 3. The molecule has 0 aromatic heterocycles. The topological polar surface area (TPSA) is 41.1 Å². The molecule has 2 N–H and O–H groups in total. The van der Waals surface area contributed by atoms with Crippen molar-refractivity contribution in [2.24, 2.45) is 5.41 Å². The van der Waals surface area contributed by atoms with Crippen molar-refractivity contribution in [2.45, 2.75) is 19.8 Å². The van der Waals surface area contributed by atoms with Crippen LogP contribution < -0.4 is 10.6 Å². The standard InChI is InChI=1S/C13H15Br3N2O/c1-2-13(3-4-17-7-13)12(19)18-11-9(15)5-8(14)6-10(11)16/h5-6,17H,2-4,7H2,1H3,(H,18,19).